The van der Waals surface area contributed by atoms with Crippen LogP contribution in [0, 0.1) is 6.92 Å². The zero-order chi connectivity index (χ0) is 21.7. The van der Waals surface area contributed by atoms with Crippen LogP contribution in [0.1, 0.15) is 17.5 Å². The molecule has 0 unspecified atom stereocenters. The molecule has 3 rings (SSSR count). The Morgan fingerprint density at radius 3 is 2.50 bits per heavy atom. The zero-order valence-electron chi connectivity index (χ0n) is 16.7. The van der Waals surface area contributed by atoms with E-state index in [1.165, 1.54) is 11.1 Å². The number of hydrogen-bond donors (Lipinski definition) is 1. The maximum atomic E-state index is 12.8. The quantitative estimate of drug-likeness (QED) is 0.537. The molecule has 8 nitrogen and oxygen atoms in total. The highest BCUT2D eigenvalue weighted by Gasteiger charge is 2.40. The van der Waals surface area contributed by atoms with E-state index in [-0.39, 0.29) is 12.3 Å². The summed E-state index contributed by atoms with van der Waals surface area (Å²) < 4.78 is 10.5. The second-order valence-corrected chi connectivity index (χ2v) is 7.63. The van der Waals surface area contributed by atoms with Gasteiger partial charge in [0, 0.05) is 0 Å². The van der Waals surface area contributed by atoms with Crippen LogP contribution in [0.15, 0.2) is 52.7 Å². The fourth-order valence-corrected chi connectivity index (χ4v) is 3.92. The number of rotatable bonds is 7. The molecule has 1 aliphatic rings. The van der Waals surface area contributed by atoms with Crippen molar-refractivity contribution in [2.75, 3.05) is 19.1 Å². The normalized spacial score (nSPS) is 17.7. The van der Waals surface area contributed by atoms with E-state index in [0.29, 0.717) is 22.4 Å². The van der Waals surface area contributed by atoms with E-state index in [2.05, 4.69) is 10.2 Å². The Balaban J connectivity index is 1.89. The Morgan fingerprint density at radius 1 is 1.17 bits per heavy atom. The number of amidine groups is 1. The number of aryl methyl sites for hydroxylation is 1. The minimum atomic E-state index is -1.04. The van der Waals surface area contributed by atoms with E-state index in [1.54, 1.807) is 44.6 Å². The smallest absolute Gasteiger partial charge is 0.305 e. The maximum absolute atomic E-state index is 12.8. The van der Waals surface area contributed by atoms with Crippen molar-refractivity contribution in [3.63, 3.8) is 0 Å². The number of nitrogens with zero attached hydrogens (tertiary/aromatic N) is 3. The highest BCUT2D eigenvalue weighted by molar-refractivity contribution is 8.16. The monoisotopic (exact) mass is 427 g/mol. The minimum Gasteiger partial charge on any atom is -0.493 e. The second kappa shape index (κ2) is 9.45. The molecule has 156 valence electrons. The van der Waals surface area contributed by atoms with Gasteiger partial charge in [0.1, 0.15) is 5.25 Å². The number of thioether (sulfide) groups is 1. The van der Waals surface area contributed by atoms with Gasteiger partial charge in [0.05, 0.1) is 32.5 Å². The largest absolute Gasteiger partial charge is 0.493 e. The third kappa shape index (κ3) is 4.80. The van der Waals surface area contributed by atoms with Crippen LogP contribution in [0.25, 0.3) is 0 Å². The summed E-state index contributed by atoms with van der Waals surface area (Å²) in [7, 11) is 3.10. The summed E-state index contributed by atoms with van der Waals surface area (Å²) >= 11 is 1.09. The maximum Gasteiger partial charge on any atom is 0.305 e. The van der Waals surface area contributed by atoms with Crippen molar-refractivity contribution >= 4 is 40.7 Å². The molecular formula is C21H21N3O5S. The molecule has 9 heteroatoms. The molecule has 1 amide bonds. The predicted molar refractivity (Wildman–Crippen MR) is 117 cm³/mol. The summed E-state index contributed by atoms with van der Waals surface area (Å²) in [6.45, 7) is 1.94. The predicted octanol–water partition coefficient (Wildman–Crippen LogP) is 3.33. The second-order valence-electron chi connectivity index (χ2n) is 6.46. The Hall–Kier alpha value is -3.33. The standard InChI is InChI=1S/C21H21N3O5S/c1-13-4-7-15(8-5-13)24-20(27)18(11-19(25)26)30-21(24)23-22-12-14-6-9-16(28-2)17(10-14)29-3/h4-10,12,18H,11H2,1-3H3,(H,25,26)/b22-12-,23-21+/t18-/m1/s1. The zero-order valence-corrected chi connectivity index (χ0v) is 17.5. The van der Waals surface area contributed by atoms with Crippen LogP contribution in [0.4, 0.5) is 5.69 Å². The van der Waals surface area contributed by atoms with Gasteiger partial charge in [-0.25, -0.2) is 0 Å². The molecule has 1 heterocycles. The van der Waals surface area contributed by atoms with Gasteiger partial charge in [-0.2, -0.15) is 5.10 Å². The summed E-state index contributed by atoms with van der Waals surface area (Å²) in [5.74, 6) is -0.214. The number of amides is 1. The number of carbonyl (C=O) groups is 2. The van der Waals surface area contributed by atoms with Crippen molar-refractivity contribution in [3.05, 3.63) is 53.6 Å². The molecular weight excluding hydrogens is 406 g/mol. The number of carboxylic acid groups (broad SMARTS) is 1. The van der Waals surface area contributed by atoms with Gasteiger partial charge < -0.3 is 14.6 Å². The number of methoxy groups -OCH3 is 2. The first kappa shape index (κ1) is 21.4. The minimum absolute atomic E-state index is 0.287. The van der Waals surface area contributed by atoms with Crippen LogP contribution in [0.2, 0.25) is 0 Å². The van der Waals surface area contributed by atoms with Crippen LogP contribution in [0.5, 0.6) is 11.5 Å². The number of carboxylic acids is 1. The fraction of sp³-hybridized carbons (Fsp3) is 0.238. The van der Waals surface area contributed by atoms with Gasteiger partial charge in [0.2, 0.25) is 5.91 Å². The van der Waals surface area contributed by atoms with Gasteiger partial charge in [0.25, 0.3) is 0 Å². The Bertz CT molecular complexity index is 1000. The topological polar surface area (TPSA) is 101 Å². The first-order valence-electron chi connectivity index (χ1n) is 9.05. The molecule has 0 radical (unpaired) electrons. The molecule has 0 aromatic heterocycles. The third-order valence-corrected chi connectivity index (χ3v) is 5.47. The summed E-state index contributed by atoms with van der Waals surface area (Å²) in [5.41, 5.74) is 2.39. The lowest BCUT2D eigenvalue weighted by Gasteiger charge is -2.15. The lowest BCUT2D eigenvalue weighted by molar-refractivity contribution is -0.138. The van der Waals surface area contributed by atoms with Crippen LogP contribution >= 0.6 is 11.8 Å². The van der Waals surface area contributed by atoms with E-state index in [0.717, 1.165) is 22.9 Å². The summed E-state index contributed by atoms with van der Waals surface area (Å²) in [5, 5.41) is 17.0. The van der Waals surface area contributed by atoms with Gasteiger partial charge in [0.15, 0.2) is 16.7 Å². The Labute approximate surface area is 178 Å². The molecule has 0 aliphatic carbocycles. The van der Waals surface area contributed by atoms with E-state index < -0.39 is 11.2 Å². The average Bonchev–Trinajstić information content (AvgIpc) is 3.03. The molecule has 1 atom stereocenters. The number of hydrogen-bond acceptors (Lipinski definition) is 7. The number of benzene rings is 2. The average molecular weight is 427 g/mol. The molecule has 2 aromatic rings. The van der Waals surface area contributed by atoms with Gasteiger partial charge in [-0.15, -0.1) is 5.10 Å². The number of aliphatic carboxylic acids is 1. The molecule has 2 aromatic carbocycles. The van der Waals surface area contributed by atoms with Crippen molar-refractivity contribution in [2.24, 2.45) is 10.2 Å². The molecule has 1 N–H and O–H groups in total. The van der Waals surface area contributed by atoms with E-state index in [9.17, 15) is 9.59 Å². The van der Waals surface area contributed by atoms with Crippen molar-refractivity contribution in [2.45, 2.75) is 18.6 Å². The summed E-state index contributed by atoms with van der Waals surface area (Å²) in [6.07, 6.45) is 1.24. The van der Waals surface area contributed by atoms with Crippen LogP contribution in [-0.4, -0.2) is 47.8 Å². The Kier molecular flexibility index (Phi) is 6.73. The number of carbonyl (C=O) groups excluding carboxylic acids is 1. The Morgan fingerprint density at radius 2 is 1.87 bits per heavy atom. The van der Waals surface area contributed by atoms with Crippen LogP contribution < -0.4 is 14.4 Å². The highest BCUT2D eigenvalue weighted by atomic mass is 32.2. The summed E-state index contributed by atoms with van der Waals surface area (Å²) in [4.78, 5) is 25.3. The molecule has 0 spiro atoms. The first-order valence-corrected chi connectivity index (χ1v) is 9.93. The molecule has 30 heavy (non-hydrogen) atoms. The first-order chi connectivity index (χ1) is 14.4. The van der Waals surface area contributed by atoms with E-state index in [1.807, 2.05) is 19.1 Å². The lowest BCUT2D eigenvalue weighted by Crippen LogP contribution is -2.32. The van der Waals surface area contributed by atoms with Gasteiger partial charge in [-0.1, -0.05) is 29.5 Å². The lowest BCUT2D eigenvalue weighted by atomic mass is 10.2. The van der Waals surface area contributed by atoms with Crippen LogP contribution in [-0.2, 0) is 9.59 Å². The van der Waals surface area contributed by atoms with Crippen molar-refractivity contribution in [1.82, 2.24) is 0 Å². The number of ether oxygens (including phenoxy) is 2. The molecule has 1 saturated heterocycles. The van der Waals surface area contributed by atoms with Crippen molar-refractivity contribution < 1.29 is 24.2 Å². The fourth-order valence-electron chi connectivity index (χ4n) is 2.83. The van der Waals surface area contributed by atoms with Gasteiger partial charge in [-0.05, 0) is 42.8 Å². The SMILES string of the molecule is COc1ccc(/C=N\N=C2\S[C@H](CC(=O)O)C(=O)N2c2ccc(C)cc2)cc1OC. The van der Waals surface area contributed by atoms with Gasteiger partial charge >= 0.3 is 5.97 Å². The summed E-state index contributed by atoms with van der Waals surface area (Å²) in [6, 6.07) is 12.6. The van der Waals surface area contributed by atoms with Crippen molar-refractivity contribution in [1.29, 1.82) is 0 Å². The van der Waals surface area contributed by atoms with Crippen LogP contribution in [0.3, 0.4) is 0 Å². The van der Waals surface area contributed by atoms with Crippen molar-refractivity contribution in [3.8, 4) is 11.5 Å². The molecule has 1 aliphatic heterocycles. The van der Waals surface area contributed by atoms with E-state index in [4.69, 9.17) is 14.6 Å². The molecule has 0 bridgehead atoms. The molecule has 0 saturated carbocycles. The van der Waals surface area contributed by atoms with Gasteiger partial charge in [-0.3, -0.25) is 14.5 Å². The highest BCUT2D eigenvalue weighted by Crippen LogP contribution is 2.34. The number of anilines is 1. The third-order valence-electron chi connectivity index (χ3n) is 4.34. The van der Waals surface area contributed by atoms with E-state index >= 15 is 0 Å². The molecule has 1 fully saturated rings.